The number of nitrogens with zero attached hydrogens (tertiary/aromatic N) is 2. The molecule has 0 saturated heterocycles. The number of aryl methyl sites for hydroxylation is 1. The van der Waals surface area contributed by atoms with Crippen LogP contribution in [-0.2, 0) is 7.05 Å². The minimum Gasteiger partial charge on any atom is -0.262 e. The first kappa shape index (κ1) is 5.69. The van der Waals surface area contributed by atoms with Crippen LogP contribution < -0.4 is 0 Å². The Hall–Kier alpha value is -0.440. The molecule has 0 N–H and O–H groups in total. The number of thioether (sulfide) groups is 1. The summed E-state index contributed by atoms with van der Waals surface area (Å²) < 4.78 is 1.85. The second-order valence-corrected chi connectivity index (χ2v) is 2.32. The van der Waals surface area contributed by atoms with Crippen LogP contribution in [0.2, 0.25) is 0 Å². The van der Waals surface area contributed by atoms with Gasteiger partial charge in [0.25, 0.3) is 0 Å². The monoisotopic (exact) mass is 128 g/mol. The van der Waals surface area contributed by atoms with Crippen LogP contribution in [-0.4, -0.2) is 16.0 Å². The second-order valence-electron chi connectivity index (χ2n) is 1.50. The first-order valence-electron chi connectivity index (χ1n) is 2.36. The molecule has 0 unspecified atom stereocenters. The fourth-order valence-corrected chi connectivity index (χ4v) is 1.07. The third kappa shape index (κ3) is 0.865. The van der Waals surface area contributed by atoms with Gasteiger partial charge in [-0.2, -0.15) is 5.10 Å². The van der Waals surface area contributed by atoms with Crippen LogP contribution in [0.1, 0.15) is 0 Å². The zero-order valence-electron chi connectivity index (χ0n) is 4.96. The molecule has 0 bridgehead atoms. The molecule has 0 atom stereocenters. The molecule has 0 fully saturated rings. The average molecular weight is 128 g/mol. The smallest absolute Gasteiger partial charge is 0.0933 e. The Morgan fingerprint density at radius 3 is 2.75 bits per heavy atom. The van der Waals surface area contributed by atoms with Gasteiger partial charge in [-0.1, -0.05) is 0 Å². The highest BCUT2D eigenvalue weighted by Crippen LogP contribution is 2.10. The van der Waals surface area contributed by atoms with Crippen LogP contribution in [0.25, 0.3) is 0 Å². The van der Waals surface area contributed by atoms with Gasteiger partial charge in [-0.15, -0.1) is 11.8 Å². The quantitative estimate of drug-likeness (QED) is 0.528. The highest BCUT2D eigenvalue weighted by molar-refractivity contribution is 7.98. The molecule has 44 valence electrons. The summed E-state index contributed by atoms with van der Waals surface area (Å²) in [5.74, 6) is 0. The largest absolute Gasteiger partial charge is 0.262 e. The van der Waals surface area contributed by atoms with Gasteiger partial charge in [0.15, 0.2) is 0 Å². The Morgan fingerprint density at radius 2 is 2.50 bits per heavy atom. The molecule has 1 heterocycles. The van der Waals surface area contributed by atoms with E-state index in [-0.39, 0.29) is 0 Å². The molecule has 0 aliphatic rings. The predicted octanol–water partition coefficient (Wildman–Crippen LogP) is 1.14. The van der Waals surface area contributed by atoms with Gasteiger partial charge in [-0.25, -0.2) is 0 Å². The van der Waals surface area contributed by atoms with Crippen LogP contribution in [0, 0.1) is 0 Å². The molecule has 0 aromatic carbocycles. The van der Waals surface area contributed by atoms with Crippen molar-refractivity contribution in [1.29, 1.82) is 0 Å². The Balaban J connectivity index is 2.92. The van der Waals surface area contributed by atoms with Crippen molar-refractivity contribution in [1.82, 2.24) is 9.78 Å². The van der Waals surface area contributed by atoms with E-state index in [1.807, 2.05) is 24.1 Å². The van der Waals surface area contributed by atoms with Gasteiger partial charge in [0, 0.05) is 7.05 Å². The average Bonchev–Trinajstić information content (AvgIpc) is 2.14. The minimum atomic E-state index is 1.20. The number of rotatable bonds is 1. The van der Waals surface area contributed by atoms with E-state index in [9.17, 15) is 0 Å². The maximum Gasteiger partial charge on any atom is 0.0933 e. The summed E-state index contributed by atoms with van der Waals surface area (Å²) in [7, 11) is 1.94. The first-order valence-corrected chi connectivity index (χ1v) is 3.59. The second kappa shape index (κ2) is 2.22. The fourth-order valence-electron chi connectivity index (χ4n) is 0.562. The SMILES string of the molecule is CSc1ccnn1C. The van der Waals surface area contributed by atoms with Crippen LogP contribution >= 0.6 is 11.8 Å². The molecular formula is C5H8N2S. The summed E-state index contributed by atoms with van der Waals surface area (Å²) in [6, 6.07) is 1.99. The number of hydrogen-bond acceptors (Lipinski definition) is 2. The van der Waals surface area contributed by atoms with Crippen molar-refractivity contribution in [3.8, 4) is 0 Å². The zero-order valence-corrected chi connectivity index (χ0v) is 5.77. The maximum atomic E-state index is 3.98. The van der Waals surface area contributed by atoms with Crippen LogP contribution in [0.4, 0.5) is 0 Å². The Labute approximate surface area is 52.9 Å². The summed E-state index contributed by atoms with van der Waals surface area (Å²) >= 11 is 1.70. The van der Waals surface area contributed by atoms with E-state index in [1.165, 1.54) is 5.03 Å². The minimum absolute atomic E-state index is 1.20. The molecule has 1 aromatic heterocycles. The molecule has 0 spiro atoms. The maximum absolute atomic E-state index is 3.98. The molecule has 0 amide bonds. The van der Waals surface area contributed by atoms with Crippen molar-refractivity contribution in [2.24, 2.45) is 7.05 Å². The molecule has 0 aliphatic heterocycles. The molecule has 2 nitrogen and oxygen atoms in total. The summed E-state index contributed by atoms with van der Waals surface area (Å²) in [6.45, 7) is 0. The Bertz CT molecular complexity index is 171. The van der Waals surface area contributed by atoms with Gasteiger partial charge < -0.3 is 0 Å². The van der Waals surface area contributed by atoms with E-state index < -0.39 is 0 Å². The van der Waals surface area contributed by atoms with Crippen molar-refractivity contribution in [2.45, 2.75) is 5.03 Å². The summed E-state index contributed by atoms with van der Waals surface area (Å²) in [5, 5.41) is 5.18. The van der Waals surface area contributed by atoms with Gasteiger partial charge in [0.05, 0.1) is 11.2 Å². The molecule has 1 aromatic rings. The predicted molar refractivity (Wildman–Crippen MR) is 35.0 cm³/mol. The Kier molecular flexibility index (Phi) is 1.58. The van der Waals surface area contributed by atoms with Crippen molar-refractivity contribution in [2.75, 3.05) is 6.26 Å². The van der Waals surface area contributed by atoms with Crippen molar-refractivity contribution in [3.05, 3.63) is 12.3 Å². The van der Waals surface area contributed by atoms with Crippen LogP contribution in [0.3, 0.4) is 0 Å². The summed E-state index contributed by atoms with van der Waals surface area (Å²) in [6.07, 6.45) is 3.84. The van der Waals surface area contributed by atoms with E-state index in [1.54, 1.807) is 18.0 Å². The summed E-state index contributed by atoms with van der Waals surface area (Å²) in [5.41, 5.74) is 0. The third-order valence-corrected chi connectivity index (χ3v) is 1.80. The molecule has 0 radical (unpaired) electrons. The topological polar surface area (TPSA) is 17.8 Å². The fraction of sp³-hybridized carbons (Fsp3) is 0.400. The third-order valence-electron chi connectivity index (χ3n) is 0.985. The zero-order chi connectivity index (χ0) is 5.98. The molecule has 1 rings (SSSR count). The van der Waals surface area contributed by atoms with Gasteiger partial charge >= 0.3 is 0 Å². The van der Waals surface area contributed by atoms with E-state index in [0.717, 1.165) is 0 Å². The highest BCUT2D eigenvalue weighted by Gasteiger charge is 1.90. The van der Waals surface area contributed by atoms with Crippen molar-refractivity contribution >= 4 is 11.8 Å². The van der Waals surface area contributed by atoms with Gasteiger partial charge in [-0.3, -0.25) is 4.68 Å². The normalized spacial score (nSPS) is 9.75. The molecule has 0 saturated carbocycles. The lowest BCUT2D eigenvalue weighted by Gasteiger charge is -1.92. The van der Waals surface area contributed by atoms with Crippen molar-refractivity contribution in [3.63, 3.8) is 0 Å². The first-order chi connectivity index (χ1) is 3.84. The number of aromatic nitrogens is 2. The lowest BCUT2D eigenvalue weighted by atomic mass is 10.7. The molecule has 8 heavy (non-hydrogen) atoms. The van der Waals surface area contributed by atoms with E-state index >= 15 is 0 Å². The van der Waals surface area contributed by atoms with Crippen LogP contribution in [0.15, 0.2) is 17.3 Å². The number of hydrogen-bond donors (Lipinski definition) is 0. The van der Waals surface area contributed by atoms with Gasteiger partial charge in [0.1, 0.15) is 0 Å². The van der Waals surface area contributed by atoms with Crippen molar-refractivity contribution < 1.29 is 0 Å². The van der Waals surface area contributed by atoms with E-state index in [2.05, 4.69) is 5.10 Å². The summed E-state index contributed by atoms with van der Waals surface area (Å²) in [4.78, 5) is 0. The molecule has 0 aliphatic carbocycles. The van der Waals surface area contributed by atoms with Crippen LogP contribution in [0.5, 0.6) is 0 Å². The van der Waals surface area contributed by atoms with Gasteiger partial charge in [0.2, 0.25) is 0 Å². The Morgan fingerprint density at radius 1 is 1.75 bits per heavy atom. The van der Waals surface area contributed by atoms with Gasteiger partial charge in [-0.05, 0) is 12.3 Å². The molecular weight excluding hydrogens is 120 g/mol. The van der Waals surface area contributed by atoms with E-state index in [4.69, 9.17) is 0 Å². The standard InChI is InChI=1S/C5H8N2S/c1-7-5(8-2)3-4-6-7/h3-4H,1-2H3. The van der Waals surface area contributed by atoms with E-state index in [0.29, 0.717) is 0 Å². The lowest BCUT2D eigenvalue weighted by molar-refractivity contribution is 0.699. The molecule has 3 heteroatoms. The highest BCUT2D eigenvalue weighted by atomic mass is 32.2. The lowest BCUT2D eigenvalue weighted by Crippen LogP contribution is -1.89.